The Morgan fingerprint density at radius 2 is 2.06 bits per heavy atom. The first-order valence-electron chi connectivity index (χ1n) is 10.2. The Bertz CT molecular complexity index is 734. The normalized spacial score (nSPS) is 22.5. The summed E-state index contributed by atoms with van der Waals surface area (Å²) < 4.78 is 23.8. The summed E-state index contributed by atoms with van der Waals surface area (Å²) in [4.78, 5) is 14.0. The number of ether oxygens (including phenoxy) is 3. The number of benzene rings is 1. The number of hydrogen-bond acceptors (Lipinski definition) is 6. The Morgan fingerprint density at radius 1 is 1.32 bits per heavy atom. The smallest absolute Gasteiger partial charge is 0.321 e. The van der Waals surface area contributed by atoms with Crippen LogP contribution in [0.15, 0.2) is 59.5 Å². The lowest BCUT2D eigenvalue weighted by atomic mass is 10.0. The molecule has 1 aromatic rings. The maximum Gasteiger partial charge on any atom is 0.321 e. The molecule has 9 heteroatoms. The van der Waals surface area contributed by atoms with Crippen LogP contribution in [0.25, 0.3) is 0 Å². The van der Waals surface area contributed by atoms with Crippen molar-refractivity contribution in [3.05, 3.63) is 54.6 Å². The van der Waals surface area contributed by atoms with Gasteiger partial charge in [-0.2, -0.15) is 0 Å². The second-order valence-corrected chi connectivity index (χ2v) is 14.5. The average Bonchev–Trinajstić information content (AvgIpc) is 2.77. The molecule has 0 bridgehead atoms. The van der Waals surface area contributed by atoms with E-state index in [2.05, 4.69) is 41.2 Å². The van der Waals surface area contributed by atoms with E-state index in [-0.39, 0.29) is 12.0 Å². The summed E-state index contributed by atoms with van der Waals surface area (Å²) in [6.07, 6.45) is 5.54. The van der Waals surface area contributed by atoms with Gasteiger partial charge in [-0.3, -0.25) is 4.79 Å². The van der Waals surface area contributed by atoms with Crippen molar-refractivity contribution in [1.82, 2.24) is 0 Å². The van der Waals surface area contributed by atoms with Gasteiger partial charge in [0.15, 0.2) is 14.6 Å². The van der Waals surface area contributed by atoms with Gasteiger partial charge in [0.2, 0.25) is 0 Å². The highest BCUT2D eigenvalue weighted by Crippen LogP contribution is 2.26. The number of carbonyl (C=O) groups is 1. The SMILES string of the molecule is CCO[C@@H]1C=C[C@H](O[Si](C)(C)CBr)[C@@H]([C@H](/C=C/CSc2ccccc2)OC(=O)CCl)O1. The van der Waals surface area contributed by atoms with Crippen molar-refractivity contribution in [3.63, 3.8) is 0 Å². The van der Waals surface area contributed by atoms with Crippen LogP contribution < -0.4 is 0 Å². The Balaban J connectivity index is 2.18. The summed E-state index contributed by atoms with van der Waals surface area (Å²) in [6.45, 7) is 6.65. The van der Waals surface area contributed by atoms with E-state index in [1.165, 1.54) is 4.90 Å². The molecule has 0 N–H and O–H groups in total. The van der Waals surface area contributed by atoms with Gasteiger partial charge >= 0.3 is 5.97 Å². The van der Waals surface area contributed by atoms with E-state index in [1.54, 1.807) is 11.8 Å². The molecule has 0 radical (unpaired) electrons. The summed E-state index contributed by atoms with van der Waals surface area (Å²) in [7, 11) is -1.97. The molecule has 0 aromatic heterocycles. The molecule has 5 nitrogen and oxygen atoms in total. The molecule has 4 atom stereocenters. The zero-order valence-electron chi connectivity index (χ0n) is 18.0. The summed E-state index contributed by atoms with van der Waals surface area (Å²) in [6, 6.07) is 10.1. The first kappa shape index (κ1) is 26.6. The molecule has 0 spiro atoms. The Kier molecular flexibility index (Phi) is 11.9. The first-order valence-corrected chi connectivity index (χ1v) is 15.9. The minimum absolute atomic E-state index is 0.228. The van der Waals surface area contributed by atoms with Gasteiger partial charge in [0.1, 0.15) is 18.1 Å². The molecular formula is C22H30BrClO5SSi. The molecule has 0 fully saturated rings. The molecule has 1 aliphatic rings. The van der Waals surface area contributed by atoms with Crippen LogP contribution in [0, 0.1) is 0 Å². The molecule has 1 heterocycles. The zero-order valence-corrected chi connectivity index (χ0v) is 22.2. The molecule has 172 valence electrons. The molecule has 0 saturated heterocycles. The van der Waals surface area contributed by atoms with E-state index < -0.39 is 32.8 Å². The Morgan fingerprint density at radius 3 is 2.71 bits per heavy atom. The lowest BCUT2D eigenvalue weighted by molar-refractivity contribution is -0.195. The van der Waals surface area contributed by atoms with E-state index in [4.69, 9.17) is 30.2 Å². The minimum atomic E-state index is -1.97. The van der Waals surface area contributed by atoms with Gasteiger partial charge in [0.25, 0.3) is 0 Å². The minimum Gasteiger partial charge on any atom is -0.454 e. The van der Waals surface area contributed by atoms with E-state index in [0.29, 0.717) is 6.61 Å². The van der Waals surface area contributed by atoms with Crippen LogP contribution in [-0.4, -0.2) is 62.1 Å². The quantitative estimate of drug-likeness (QED) is 0.116. The number of hydrogen-bond donors (Lipinski definition) is 0. The van der Waals surface area contributed by atoms with Crippen LogP contribution in [0.2, 0.25) is 13.1 Å². The highest BCUT2D eigenvalue weighted by atomic mass is 79.9. The maximum absolute atomic E-state index is 12.0. The number of alkyl halides is 2. The van der Waals surface area contributed by atoms with E-state index in [0.717, 1.165) is 10.7 Å². The monoisotopic (exact) mass is 548 g/mol. The van der Waals surface area contributed by atoms with Gasteiger partial charge in [-0.05, 0) is 44.3 Å². The molecule has 0 aliphatic carbocycles. The van der Waals surface area contributed by atoms with E-state index >= 15 is 0 Å². The van der Waals surface area contributed by atoms with Crippen LogP contribution >= 0.6 is 39.3 Å². The van der Waals surface area contributed by atoms with Crippen LogP contribution in [0.3, 0.4) is 0 Å². The number of carbonyl (C=O) groups excluding carboxylic acids is 1. The molecule has 1 aliphatic heterocycles. The fourth-order valence-corrected chi connectivity index (χ4v) is 5.09. The van der Waals surface area contributed by atoms with Crippen LogP contribution in [0.5, 0.6) is 0 Å². The molecular weight excluding hydrogens is 520 g/mol. The highest BCUT2D eigenvalue weighted by Gasteiger charge is 2.39. The van der Waals surface area contributed by atoms with Crippen LogP contribution in [0.4, 0.5) is 0 Å². The lowest BCUT2D eigenvalue weighted by Crippen LogP contribution is -2.51. The third-order valence-electron chi connectivity index (χ3n) is 4.30. The third-order valence-corrected chi connectivity index (χ3v) is 11.1. The zero-order chi connectivity index (χ0) is 22.7. The molecule has 2 rings (SSSR count). The van der Waals surface area contributed by atoms with Crippen molar-refractivity contribution >= 4 is 53.6 Å². The maximum atomic E-state index is 12.0. The first-order chi connectivity index (χ1) is 14.9. The van der Waals surface area contributed by atoms with Crippen molar-refractivity contribution in [3.8, 4) is 0 Å². The second-order valence-electron chi connectivity index (χ2n) is 7.43. The Hall–Kier alpha value is -0.613. The standard InChI is InChI=1S/C22H30BrClO5SSi/c1-4-26-21-13-12-19(29-31(2,3)16-23)22(28-21)18(27-20(25)15-24)11-8-14-30-17-9-6-5-7-10-17/h5-13,18-19,21-22H,4,14-16H2,1-3H3/b11-8+/t18-,19-,21-,22+/m0/s1. The molecule has 1 aromatic carbocycles. The fraction of sp³-hybridized carbons (Fsp3) is 0.500. The van der Waals surface area contributed by atoms with Gasteiger partial charge in [-0.15, -0.1) is 23.4 Å². The van der Waals surface area contributed by atoms with E-state index in [1.807, 2.05) is 49.4 Å². The van der Waals surface area contributed by atoms with Crippen molar-refractivity contribution < 1.29 is 23.4 Å². The predicted octanol–water partition coefficient (Wildman–Crippen LogP) is 5.33. The number of thioether (sulfide) groups is 1. The van der Waals surface area contributed by atoms with Gasteiger partial charge in [-0.1, -0.05) is 46.3 Å². The number of halogens is 2. The highest BCUT2D eigenvalue weighted by molar-refractivity contribution is 9.09. The molecule has 0 unspecified atom stereocenters. The largest absolute Gasteiger partial charge is 0.454 e. The number of rotatable bonds is 12. The molecule has 31 heavy (non-hydrogen) atoms. The van der Waals surface area contributed by atoms with Gasteiger partial charge < -0.3 is 18.6 Å². The topological polar surface area (TPSA) is 54.0 Å². The summed E-state index contributed by atoms with van der Waals surface area (Å²) in [5.41, 5.74) is 0. The second kappa shape index (κ2) is 13.8. The van der Waals surface area contributed by atoms with Crippen molar-refractivity contribution in [2.75, 3.05) is 23.2 Å². The summed E-state index contributed by atoms with van der Waals surface area (Å²) in [5.74, 6) is -0.00836. The van der Waals surface area contributed by atoms with Crippen molar-refractivity contribution in [1.29, 1.82) is 0 Å². The summed E-state index contributed by atoms with van der Waals surface area (Å²) in [5, 5.41) is 0. The van der Waals surface area contributed by atoms with Gasteiger partial charge in [0.05, 0.1) is 6.10 Å². The molecule has 0 amide bonds. The molecule has 0 saturated carbocycles. The summed E-state index contributed by atoms with van der Waals surface area (Å²) >= 11 is 10.9. The predicted molar refractivity (Wildman–Crippen MR) is 132 cm³/mol. The van der Waals surface area contributed by atoms with Gasteiger partial charge in [-0.25, -0.2) is 0 Å². The van der Waals surface area contributed by atoms with Crippen LogP contribution in [0.1, 0.15) is 6.92 Å². The van der Waals surface area contributed by atoms with Gasteiger partial charge in [0, 0.05) is 22.2 Å². The van der Waals surface area contributed by atoms with E-state index in [9.17, 15) is 4.79 Å². The average molecular weight is 550 g/mol. The Labute approximate surface area is 203 Å². The fourth-order valence-electron chi connectivity index (χ4n) is 2.87. The van der Waals surface area contributed by atoms with Crippen molar-refractivity contribution in [2.24, 2.45) is 0 Å². The van der Waals surface area contributed by atoms with Crippen LogP contribution in [-0.2, 0) is 23.4 Å². The third kappa shape index (κ3) is 9.41. The number of esters is 1. The van der Waals surface area contributed by atoms with Crippen molar-refractivity contribution in [2.45, 2.75) is 49.5 Å². The lowest BCUT2D eigenvalue weighted by Gasteiger charge is -2.38.